The monoisotopic (exact) mass is 188 g/mol. The Labute approximate surface area is 80.0 Å². The molecule has 4 nitrogen and oxygen atoms in total. The van der Waals surface area contributed by atoms with Gasteiger partial charge in [-0.2, -0.15) is 0 Å². The van der Waals surface area contributed by atoms with E-state index in [-0.39, 0.29) is 18.6 Å². The summed E-state index contributed by atoms with van der Waals surface area (Å²) < 4.78 is 5.04. The molecule has 0 aromatic heterocycles. The molecule has 0 spiro atoms. The maximum Gasteiger partial charge on any atom is 0.248 e. The van der Waals surface area contributed by atoms with Gasteiger partial charge in [0.25, 0.3) is 0 Å². The first-order valence-electron chi connectivity index (χ1n) is 4.70. The van der Waals surface area contributed by atoms with Gasteiger partial charge in [-0.15, -0.1) is 0 Å². The van der Waals surface area contributed by atoms with Crippen LogP contribution in [0.4, 0.5) is 0 Å². The predicted octanol–water partition coefficient (Wildman–Crippen LogP) is 0.219. The zero-order valence-electron chi connectivity index (χ0n) is 8.75. The van der Waals surface area contributed by atoms with Crippen LogP contribution >= 0.6 is 0 Å². The zero-order chi connectivity index (χ0) is 10.3. The molecule has 0 aliphatic rings. The summed E-state index contributed by atoms with van der Waals surface area (Å²) in [6.07, 6.45) is 0. The molecule has 0 bridgehead atoms. The van der Waals surface area contributed by atoms with Crippen LogP contribution in [0.3, 0.4) is 0 Å². The first-order chi connectivity index (χ1) is 6.13. The minimum absolute atomic E-state index is 0.0160. The minimum Gasteiger partial charge on any atom is -0.372 e. The van der Waals surface area contributed by atoms with E-state index in [2.05, 4.69) is 0 Å². The highest BCUT2D eigenvalue weighted by molar-refractivity contribution is 5.77. The summed E-state index contributed by atoms with van der Waals surface area (Å²) in [6.45, 7) is 7.64. The average molecular weight is 188 g/mol. The van der Waals surface area contributed by atoms with Crippen LogP contribution in [0.25, 0.3) is 0 Å². The topological polar surface area (TPSA) is 55.6 Å². The predicted molar refractivity (Wildman–Crippen MR) is 52.4 cm³/mol. The molecule has 0 fully saturated rings. The number of carbonyl (C=O) groups excluding carboxylic acids is 1. The van der Waals surface area contributed by atoms with Crippen molar-refractivity contribution in [2.24, 2.45) is 5.73 Å². The minimum atomic E-state index is 0.0160. The number of hydrogen-bond acceptors (Lipinski definition) is 3. The normalized spacial score (nSPS) is 10.5. The Kier molecular flexibility index (Phi) is 6.54. The maximum absolute atomic E-state index is 11.5. The fourth-order valence-corrected chi connectivity index (χ4v) is 1.08. The van der Waals surface area contributed by atoms with E-state index in [1.807, 2.05) is 20.8 Å². The highest BCUT2D eigenvalue weighted by atomic mass is 16.5. The van der Waals surface area contributed by atoms with Crippen molar-refractivity contribution >= 4 is 5.91 Å². The smallest absolute Gasteiger partial charge is 0.248 e. The molecule has 1 amide bonds. The van der Waals surface area contributed by atoms with Crippen LogP contribution < -0.4 is 5.73 Å². The summed E-state index contributed by atoms with van der Waals surface area (Å²) in [7, 11) is 0. The molecular formula is C9H20N2O2. The van der Waals surface area contributed by atoms with Crippen LogP contribution in [0.2, 0.25) is 0 Å². The van der Waals surface area contributed by atoms with Gasteiger partial charge in [0.05, 0.1) is 0 Å². The van der Waals surface area contributed by atoms with E-state index >= 15 is 0 Å². The Morgan fingerprint density at radius 2 is 2.15 bits per heavy atom. The van der Waals surface area contributed by atoms with Gasteiger partial charge in [0.2, 0.25) is 5.91 Å². The van der Waals surface area contributed by atoms with E-state index in [4.69, 9.17) is 10.5 Å². The van der Waals surface area contributed by atoms with Gasteiger partial charge in [-0.25, -0.2) is 0 Å². The Morgan fingerprint density at radius 1 is 1.54 bits per heavy atom. The molecular weight excluding hydrogens is 168 g/mol. The number of amides is 1. The lowest BCUT2D eigenvalue weighted by Gasteiger charge is -2.25. The van der Waals surface area contributed by atoms with Crippen molar-refractivity contribution in [2.45, 2.75) is 26.8 Å². The first kappa shape index (κ1) is 12.4. The van der Waals surface area contributed by atoms with Crippen LogP contribution in [0.5, 0.6) is 0 Å². The molecule has 13 heavy (non-hydrogen) atoms. The van der Waals surface area contributed by atoms with Crippen molar-refractivity contribution in [3.8, 4) is 0 Å². The SMILES string of the molecule is CCOCC(=O)N(CCN)C(C)C. The molecule has 0 radical (unpaired) electrons. The van der Waals surface area contributed by atoms with Gasteiger partial charge in [0.1, 0.15) is 6.61 Å². The molecule has 0 unspecified atom stereocenters. The number of nitrogens with two attached hydrogens (primary N) is 1. The highest BCUT2D eigenvalue weighted by Crippen LogP contribution is 1.98. The van der Waals surface area contributed by atoms with Crippen LogP contribution in [0, 0.1) is 0 Å². The Hall–Kier alpha value is -0.610. The summed E-state index contributed by atoms with van der Waals surface area (Å²) in [5.41, 5.74) is 5.40. The second-order valence-corrected chi connectivity index (χ2v) is 3.11. The lowest BCUT2D eigenvalue weighted by atomic mass is 10.3. The molecule has 78 valence electrons. The van der Waals surface area contributed by atoms with Gasteiger partial charge in [-0.3, -0.25) is 4.79 Å². The quantitative estimate of drug-likeness (QED) is 0.648. The molecule has 0 atom stereocenters. The Bertz CT molecular complexity index is 149. The van der Waals surface area contributed by atoms with Crippen molar-refractivity contribution in [2.75, 3.05) is 26.3 Å². The zero-order valence-corrected chi connectivity index (χ0v) is 8.75. The van der Waals surface area contributed by atoms with E-state index in [0.717, 1.165) is 0 Å². The fourth-order valence-electron chi connectivity index (χ4n) is 1.08. The van der Waals surface area contributed by atoms with E-state index in [1.165, 1.54) is 0 Å². The Morgan fingerprint density at radius 3 is 2.54 bits per heavy atom. The summed E-state index contributed by atoms with van der Waals surface area (Å²) in [6, 6.07) is 0.191. The van der Waals surface area contributed by atoms with Gasteiger partial charge in [0, 0.05) is 25.7 Å². The third-order valence-corrected chi connectivity index (χ3v) is 1.74. The summed E-state index contributed by atoms with van der Waals surface area (Å²) in [4.78, 5) is 13.2. The molecule has 0 aromatic carbocycles. The molecule has 4 heteroatoms. The standard InChI is InChI=1S/C9H20N2O2/c1-4-13-7-9(12)11(6-5-10)8(2)3/h8H,4-7,10H2,1-3H3. The lowest BCUT2D eigenvalue weighted by molar-refractivity contribution is -0.137. The molecule has 0 saturated carbocycles. The number of rotatable bonds is 6. The van der Waals surface area contributed by atoms with Gasteiger partial charge in [-0.1, -0.05) is 0 Å². The van der Waals surface area contributed by atoms with Gasteiger partial charge < -0.3 is 15.4 Å². The van der Waals surface area contributed by atoms with Crippen molar-refractivity contribution in [3.63, 3.8) is 0 Å². The Balaban J connectivity index is 3.96. The summed E-state index contributed by atoms with van der Waals surface area (Å²) in [5, 5.41) is 0. The van der Waals surface area contributed by atoms with E-state index in [1.54, 1.807) is 4.90 Å². The summed E-state index contributed by atoms with van der Waals surface area (Å²) >= 11 is 0. The van der Waals surface area contributed by atoms with Gasteiger partial charge in [-0.05, 0) is 20.8 Å². The molecule has 0 aliphatic carbocycles. The molecule has 0 saturated heterocycles. The molecule has 0 aliphatic heterocycles. The van der Waals surface area contributed by atoms with Crippen LogP contribution in [-0.4, -0.2) is 43.2 Å². The fraction of sp³-hybridized carbons (Fsp3) is 0.889. The molecule has 0 rings (SSSR count). The molecule has 2 N–H and O–H groups in total. The van der Waals surface area contributed by atoms with Gasteiger partial charge >= 0.3 is 0 Å². The third-order valence-electron chi connectivity index (χ3n) is 1.74. The number of ether oxygens (including phenoxy) is 1. The van der Waals surface area contributed by atoms with Crippen LogP contribution in [0.15, 0.2) is 0 Å². The van der Waals surface area contributed by atoms with Crippen molar-refractivity contribution in [3.05, 3.63) is 0 Å². The maximum atomic E-state index is 11.5. The van der Waals surface area contributed by atoms with E-state index in [0.29, 0.717) is 19.7 Å². The number of nitrogens with zero attached hydrogens (tertiary/aromatic N) is 1. The van der Waals surface area contributed by atoms with Crippen molar-refractivity contribution in [1.29, 1.82) is 0 Å². The van der Waals surface area contributed by atoms with Crippen molar-refractivity contribution < 1.29 is 9.53 Å². The van der Waals surface area contributed by atoms with E-state index < -0.39 is 0 Å². The summed E-state index contributed by atoms with van der Waals surface area (Å²) in [5.74, 6) is 0.0160. The second-order valence-electron chi connectivity index (χ2n) is 3.11. The second kappa shape index (κ2) is 6.86. The van der Waals surface area contributed by atoms with Crippen LogP contribution in [0.1, 0.15) is 20.8 Å². The third kappa shape index (κ3) is 4.85. The average Bonchev–Trinajstić information content (AvgIpc) is 2.09. The number of hydrogen-bond donors (Lipinski definition) is 1. The molecule has 0 aromatic rings. The first-order valence-corrected chi connectivity index (χ1v) is 4.70. The lowest BCUT2D eigenvalue weighted by Crippen LogP contribution is -2.42. The number of carbonyl (C=O) groups is 1. The van der Waals surface area contributed by atoms with E-state index in [9.17, 15) is 4.79 Å². The largest absolute Gasteiger partial charge is 0.372 e. The highest BCUT2D eigenvalue weighted by Gasteiger charge is 2.15. The molecule has 0 heterocycles. The van der Waals surface area contributed by atoms with Crippen LogP contribution in [-0.2, 0) is 9.53 Å². The van der Waals surface area contributed by atoms with Crippen molar-refractivity contribution in [1.82, 2.24) is 4.90 Å². The van der Waals surface area contributed by atoms with Gasteiger partial charge in [0.15, 0.2) is 0 Å².